The van der Waals surface area contributed by atoms with Crippen LogP contribution in [0.3, 0.4) is 0 Å². The molecule has 0 aliphatic heterocycles. The molecule has 0 radical (unpaired) electrons. The Labute approximate surface area is 133 Å². The van der Waals surface area contributed by atoms with Crippen LogP contribution in [-0.4, -0.2) is 28.0 Å². The van der Waals surface area contributed by atoms with Gasteiger partial charge in [-0.3, -0.25) is 4.79 Å². The lowest BCUT2D eigenvalue weighted by atomic mass is 10.2. The van der Waals surface area contributed by atoms with Crippen LogP contribution in [0.2, 0.25) is 0 Å². The molecule has 1 amide bonds. The first-order valence-electron chi connectivity index (χ1n) is 6.59. The second-order valence-corrected chi connectivity index (χ2v) is 4.74. The molecule has 1 rings (SSSR count). The number of carbonyl (C=O) groups excluding carboxylic acids is 1. The van der Waals surface area contributed by atoms with Crippen LogP contribution in [-0.2, 0) is 11.3 Å². The average Bonchev–Trinajstić information content (AvgIpc) is 2.72. The molecule has 20 heavy (non-hydrogen) atoms. The van der Waals surface area contributed by atoms with Crippen molar-refractivity contribution < 1.29 is 4.79 Å². The standard InChI is InChI=1S/C13H24N4O.2ClH/c1-11(14)5-6-13(18)16-7-3-4-9-17-10-8-15-12(17)2;;/h8,10-11H,3-7,9,14H2,1-2H3,(H,16,18);2*1H. The molecule has 1 unspecified atom stereocenters. The summed E-state index contributed by atoms with van der Waals surface area (Å²) < 4.78 is 2.12. The number of halogens is 2. The summed E-state index contributed by atoms with van der Waals surface area (Å²) in [6, 6.07) is 0.0972. The molecule has 1 aromatic rings. The fraction of sp³-hybridized carbons (Fsp3) is 0.692. The second-order valence-electron chi connectivity index (χ2n) is 4.74. The summed E-state index contributed by atoms with van der Waals surface area (Å²) in [5.74, 6) is 1.14. The molecular weight excluding hydrogens is 299 g/mol. The predicted octanol–water partition coefficient (Wildman–Crippen LogP) is 2.06. The topological polar surface area (TPSA) is 72.9 Å². The molecule has 0 saturated carbocycles. The first kappa shape index (κ1) is 21.5. The fourth-order valence-corrected chi connectivity index (χ4v) is 1.72. The molecule has 5 nitrogen and oxygen atoms in total. The number of nitrogens with one attached hydrogen (secondary N) is 1. The predicted molar refractivity (Wildman–Crippen MR) is 86.6 cm³/mol. The van der Waals surface area contributed by atoms with E-state index in [1.54, 1.807) is 0 Å². The van der Waals surface area contributed by atoms with Gasteiger partial charge < -0.3 is 15.6 Å². The summed E-state index contributed by atoms with van der Waals surface area (Å²) in [7, 11) is 0. The van der Waals surface area contributed by atoms with E-state index < -0.39 is 0 Å². The van der Waals surface area contributed by atoms with E-state index in [-0.39, 0.29) is 36.8 Å². The molecule has 0 aliphatic rings. The third-order valence-corrected chi connectivity index (χ3v) is 2.90. The zero-order valence-electron chi connectivity index (χ0n) is 12.2. The molecule has 1 aromatic heterocycles. The lowest BCUT2D eigenvalue weighted by molar-refractivity contribution is -0.121. The maximum atomic E-state index is 11.4. The van der Waals surface area contributed by atoms with E-state index >= 15 is 0 Å². The number of hydrogen-bond acceptors (Lipinski definition) is 3. The molecule has 118 valence electrons. The number of aromatic nitrogens is 2. The summed E-state index contributed by atoms with van der Waals surface area (Å²) in [6.45, 7) is 5.61. The number of nitrogens with two attached hydrogens (primary N) is 1. The van der Waals surface area contributed by atoms with Gasteiger partial charge in [0.25, 0.3) is 0 Å². The number of hydrogen-bond donors (Lipinski definition) is 2. The van der Waals surface area contributed by atoms with Crippen molar-refractivity contribution in [3.63, 3.8) is 0 Å². The first-order chi connectivity index (χ1) is 8.59. The van der Waals surface area contributed by atoms with Crippen molar-refractivity contribution in [3.8, 4) is 0 Å². The second kappa shape index (κ2) is 12.0. The molecule has 1 atom stereocenters. The number of aryl methyl sites for hydroxylation is 2. The van der Waals surface area contributed by atoms with Crippen molar-refractivity contribution in [2.45, 2.75) is 52.1 Å². The van der Waals surface area contributed by atoms with E-state index in [0.717, 1.165) is 38.2 Å². The van der Waals surface area contributed by atoms with Gasteiger partial charge in [0.1, 0.15) is 5.82 Å². The summed E-state index contributed by atoms with van der Waals surface area (Å²) in [6.07, 6.45) is 7.10. The lowest BCUT2D eigenvalue weighted by Crippen LogP contribution is -2.26. The van der Waals surface area contributed by atoms with Crippen molar-refractivity contribution in [1.82, 2.24) is 14.9 Å². The molecule has 0 saturated heterocycles. The SMILES string of the molecule is Cc1nccn1CCCCNC(=O)CCC(C)N.Cl.Cl. The van der Waals surface area contributed by atoms with Crippen LogP contribution in [0.1, 0.15) is 38.4 Å². The number of nitrogens with zero attached hydrogens (tertiary/aromatic N) is 2. The quantitative estimate of drug-likeness (QED) is 0.719. The van der Waals surface area contributed by atoms with Crippen LogP contribution >= 0.6 is 24.8 Å². The van der Waals surface area contributed by atoms with E-state index in [2.05, 4.69) is 14.9 Å². The first-order valence-corrected chi connectivity index (χ1v) is 6.59. The highest BCUT2D eigenvalue weighted by atomic mass is 35.5. The smallest absolute Gasteiger partial charge is 0.220 e. The van der Waals surface area contributed by atoms with Gasteiger partial charge >= 0.3 is 0 Å². The molecule has 7 heteroatoms. The van der Waals surface area contributed by atoms with Gasteiger partial charge in [-0.15, -0.1) is 24.8 Å². The fourth-order valence-electron chi connectivity index (χ4n) is 1.72. The van der Waals surface area contributed by atoms with Crippen LogP contribution < -0.4 is 11.1 Å². The molecule has 0 aromatic carbocycles. The van der Waals surface area contributed by atoms with Crippen molar-refractivity contribution in [2.24, 2.45) is 5.73 Å². The zero-order valence-corrected chi connectivity index (χ0v) is 13.8. The van der Waals surface area contributed by atoms with Crippen LogP contribution in [0.5, 0.6) is 0 Å². The molecule has 0 aliphatic carbocycles. The number of amides is 1. The van der Waals surface area contributed by atoms with Crippen molar-refractivity contribution in [1.29, 1.82) is 0 Å². The lowest BCUT2D eigenvalue weighted by Gasteiger charge is -2.07. The van der Waals surface area contributed by atoms with Crippen LogP contribution in [0.4, 0.5) is 0 Å². The Morgan fingerprint density at radius 2 is 2.15 bits per heavy atom. The van der Waals surface area contributed by atoms with E-state index in [4.69, 9.17) is 5.73 Å². The minimum Gasteiger partial charge on any atom is -0.356 e. The van der Waals surface area contributed by atoms with Gasteiger partial charge in [0, 0.05) is 37.9 Å². The summed E-state index contributed by atoms with van der Waals surface area (Å²) in [5.41, 5.74) is 5.60. The Bertz CT molecular complexity index is 369. The van der Waals surface area contributed by atoms with Gasteiger partial charge in [-0.2, -0.15) is 0 Å². The van der Waals surface area contributed by atoms with Gasteiger partial charge in [0.2, 0.25) is 5.91 Å². The third-order valence-electron chi connectivity index (χ3n) is 2.90. The van der Waals surface area contributed by atoms with Crippen molar-refractivity contribution in [2.75, 3.05) is 6.54 Å². The van der Waals surface area contributed by atoms with Gasteiger partial charge in [-0.05, 0) is 33.1 Å². The van der Waals surface area contributed by atoms with E-state index in [0.29, 0.717) is 6.42 Å². The van der Waals surface area contributed by atoms with Gasteiger partial charge in [-0.1, -0.05) is 0 Å². The highest BCUT2D eigenvalue weighted by molar-refractivity contribution is 5.85. The summed E-state index contributed by atoms with van der Waals surface area (Å²) in [4.78, 5) is 15.6. The maximum Gasteiger partial charge on any atom is 0.220 e. The van der Waals surface area contributed by atoms with Crippen LogP contribution in [0.15, 0.2) is 12.4 Å². The molecular formula is C13H26Cl2N4O. The number of rotatable bonds is 8. The molecule has 0 fully saturated rings. The Hall–Kier alpha value is -0.780. The van der Waals surface area contributed by atoms with Crippen LogP contribution in [0.25, 0.3) is 0 Å². The molecule has 3 N–H and O–H groups in total. The van der Waals surface area contributed by atoms with E-state index in [1.807, 2.05) is 26.2 Å². The summed E-state index contributed by atoms with van der Waals surface area (Å²) >= 11 is 0. The Morgan fingerprint density at radius 3 is 2.70 bits per heavy atom. The average molecular weight is 325 g/mol. The largest absolute Gasteiger partial charge is 0.356 e. The highest BCUT2D eigenvalue weighted by Crippen LogP contribution is 1.99. The minimum absolute atomic E-state index is 0. The third kappa shape index (κ3) is 9.18. The van der Waals surface area contributed by atoms with Crippen molar-refractivity contribution in [3.05, 3.63) is 18.2 Å². The molecule has 0 bridgehead atoms. The van der Waals surface area contributed by atoms with E-state index in [1.165, 1.54) is 0 Å². The van der Waals surface area contributed by atoms with Gasteiger partial charge in [-0.25, -0.2) is 4.98 Å². The van der Waals surface area contributed by atoms with E-state index in [9.17, 15) is 4.79 Å². The Kier molecular flexibility index (Phi) is 12.9. The highest BCUT2D eigenvalue weighted by Gasteiger charge is 2.02. The molecule has 1 heterocycles. The number of carbonyl (C=O) groups is 1. The molecule has 0 spiro atoms. The maximum absolute atomic E-state index is 11.4. The monoisotopic (exact) mass is 324 g/mol. The van der Waals surface area contributed by atoms with Crippen molar-refractivity contribution >= 4 is 30.7 Å². The van der Waals surface area contributed by atoms with Gasteiger partial charge in [0.15, 0.2) is 0 Å². The minimum atomic E-state index is 0. The zero-order chi connectivity index (χ0) is 13.4. The Morgan fingerprint density at radius 1 is 1.45 bits per heavy atom. The number of unbranched alkanes of at least 4 members (excludes halogenated alkanes) is 1. The Balaban J connectivity index is 0. The number of imidazole rings is 1. The van der Waals surface area contributed by atoms with Crippen LogP contribution in [0, 0.1) is 6.92 Å². The summed E-state index contributed by atoms with van der Waals surface area (Å²) in [5, 5.41) is 2.91. The normalized spacial score (nSPS) is 11.2. The van der Waals surface area contributed by atoms with Gasteiger partial charge in [0.05, 0.1) is 0 Å².